The van der Waals surface area contributed by atoms with E-state index in [1.54, 1.807) is 16.7 Å². The Labute approximate surface area is 166 Å². The van der Waals surface area contributed by atoms with Crippen molar-refractivity contribution in [3.63, 3.8) is 0 Å². The molecule has 1 aliphatic carbocycles. The Morgan fingerprint density at radius 3 is 2.71 bits per heavy atom. The van der Waals surface area contributed by atoms with Crippen LogP contribution in [-0.2, 0) is 0 Å². The van der Waals surface area contributed by atoms with Gasteiger partial charge in [-0.1, -0.05) is 36.4 Å². The number of urea groups is 1. The summed E-state index contributed by atoms with van der Waals surface area (Å²) in [6.07, 6.45) is 7.99. The number of carboxylic acids is 1. The number of carboxylic acid groups (broad SMARTS) is 1. The van der Waals surface area contributed by atoms with Gasteiger partial charge in [0.05, 0.1) is 35.3 Å². The number of thioether (sulfide) groups is 1. The van der Waals surface area contributed by atoms with E-state index in [1.807, 2.05) is 42.5 Å². The Morgan fingerprint density at radius 2 is 1.93 bits per heavy atom. The van der Waals surface area contributed by atoms with Crippen molar-refractivity contribution in [3.05, 3.63) is 72.3 Å². The summed E-state index contributed by atoms with van der Waals surface area (Å²) in [7, 11) is 1.48. The van der Waals surface area contributed by atoms with E-state index in [9.17, 15) is 14.7 Å². The minimum atomic E-state index is -1.07. The maximum atomic E-state index is 13.3. The quantitative estimate of drug-likeness (QED) is 0.807. The molecule has 2 aromatic rings. The van der Waals surface area contributed by atoms with Crippen molar-refractivity contribution in [1.29, 1.82) is 0 Å². The number of nitrogens with one attached hydrogen (secondary N) is 1. The Bertz CT molecular complexity index is 1000. The Morgan fingerprint density at radius 1 is 1.14 bits per heavy atom. The summed E-state index contributed by atoms with van der Waals surface area (Å²) in [5.74, 6) is -0.674. The second-order valence-electron chi connectivity index (χ2n) is 6.33. The number of amides is 2. The van der Waals surface area contributed by atoms with E-state index in [1.165, 1.54) is 25.3 Å². The highest BCUT2D eigenvalue weighted by Crippen LogP contribution is 2.43. The van der Waals surface area contributed by atoms with Crippen LogP contribution in [0.15, 0.2) is 71.7 Å². The van der Waals surface area contributed by atoms with Gasteiger partial charge in [0.1, 0.15) is 5.75 Å². The molecule has 1 aliphatic heterocycles. The van der Waals surface area contributed by atoms with E-state index in [0.29, 0.717) is 11.4 Å². The first-order chi connectivity index (χ1) is 13.6. The summed E-state index contributed by atoms with van der Waals surface area (Å²) in [5, 5.41) is 12.2. The molecule has 0 aromatic heterocycles. The highest BCUT2D eigenvalue weighted by atomic mass is 32.2. The van der Waals surface area contributed by atoms with Crippen LogP contribution in [0.5, 0.6) is 5.75 Å². The number of ether oxygens (including phenoxy) is 1. The van der Waals surface area contributed by atoms with Crippen LogP contribution >= 0.6 is 11.8 Å². The first-order valence-electron chi connectivity index (χ1n) is 8.70. The molecule has 0 fully saturated rings. The topological polar surface area (TPSA) is 78.9 Å². The number of benzene rings is 2. The van der Waals surface area contributed by atoms with Crippen LogP contribution in [0, 0.1) is 0 Å². The maximum absolute atomic E-state index is 13.3. The second kappa shape index (κ2) is 7.44. The average molecular weight is 394 g/mol. The van der Waals surface area contributed by atoms with E-state index in [2.05, 4.69) is 11.4 Å². The lowest BCUT2D eigenvalue weighted by Gasteiger charge is -2.40. The molecule has 0 saturated carbocycles. The summed E-state index contributed by atoms with van der Waals surface area (Å²) in [6, 6.07) is 11.6. The maximum Gasteiger partial charge on any atom is 0.335 e. The van der Waals surface area contributed by atoms with Gasteiger partial charge in [0.15, 0.2) is 0 Å². The summed E-state index contributed by atoms with van der Waals surface area (Å²) in [6.45, 7) is 0. The van der Waals surface area contributed by atoms with E-state index in [4.69, 9.17) is 4.74 Å². The minimum Gasteiger partial charge on any atom is -0.495 e. The van der Waals surface area contributed by atoms with Crippen LogP contribution in [0.4, 0.5) is 16.2 Å². The first-order valence-corrected chi connectivity index (χ1v) is 9.58. The van der Waals surface area contributed by atoms with Crippen molar-refractivity contribution in [2.75, 3.05) is 17.3 Å². The van der Waals surface area contributed by atoms with Crippen LogP contribution < -0.4 is 15.0 Å². The lowest BCUT2D eigenvalue weighted by Crippen LogP contribution is -2.49. The molecule has 0 bridgehead atoms. The van der Waals surface area contributed by atoms with E-state index >= 15 is 0 Å². The first kappa shape index (κ1) is 18.2. The second-order valence-corrected chi connectivity index (χ2v) is 7.55. The fourth-order valence-corrected chi connectivity index (χ4v) is 4.60. The van der Waals surface area contributed by atoms with Crippen molar-refractivity contribution in [3.8, 4) is 5.75 Å². The van der Waals surface area contributed by atoms with Crippen molar-refractivity contribution >= 4 is 35.1 Å². The SMILES string of the molecule is COc1ccc(C(=O)O)cc1NC(=O)N1c2ccccc2SC2C=CC=CC21. The molecule has 2 unspecified atom stereocenters. The molecule has 4 rings (SSSR count). The number of nitrogens with zero attached hydrogens (tertiary/aromatic N) is 1. The van der Waals surface area contributed by atoms with Crippen LogP contribution in [0.2, 0.25) is 0 Å². The number of carbonyl (C=O) groups excluding carboxylic acids is 1. The largest absolute Gasteiger partial charge is 0.495 e. The molecule has 2 atom stereocenters. The molecule has 6 nitrogen and oxygen atoms in total. The van der Waals surface area contributed by atoms with Gasteiger partial charge < -0.3 is 15.2 Å². The molecule has 2 aromatic carbocycles. The molecule has 1 heterocycles. The fraction of sp³-hybridized carbons (Fsp3) is 0.143. The minimum absolute atomic E-state index is 0.0732. The molecule has 2 aliphatic rings. The number of anilines is 2. The van der Waals surface area contributed by atoms with Gasteiger partial charge >= 0.3 is 12.0 Å². The van der Waals surface area contributed by atoms with Gasteiger partial charge in [-0.3, -0.25) is 4.90 Å². The number of hydrogen-bond donors (Lipinski definition) is 2. The summed E-state index contributed by atoms with van der Waals surface area (Å²) < 4.78 is 5.29. The molecule has 142 valence electrons. The number of hydrogen-bond acceptors (Lipinski definition) is 4. The van der Waals surface area contributed by atoms with Gasteiger partial charge in [0.2, 0.25) is 0 Å². The smallest absolute Gasteiger partial charge is 0.335 e. The average Bonchev–Trinajstić information content (AvgIpc) is 2.71. The highest BCUT2D eigenvalue weighted by Gasteiger charge is 2.36. The normalized spacial score (nSPS) is 19.5. The molecule has 2 N–H and O–H groups in total. The molecule has 2 amide bonds. The Hall–Kier alpha value is -3.19. The van der Waals surface area contributed by atoms with Crippen LogP contribution in [0.1, 0.15) is 10.4 Å². The third-order valence-corrected chi connectivity index (χ3v) is 5.96. The number of allylic oxidation sites excluding steroid dienone is 2. The van der Waals surface area contributed by atoms with Crippen LogP contribution in [0.3, 0.4) is 0 Å². The number of fused-ring (bicyclic) bond motifs is 2. The number of rotatable bonds is 3. The standard InChI is InChI=1S/C21H18N2O4S/c1-27-17-11-10-13(20(24)25)12-14(17)22-21(26)23-15-6-2-4-8-18(15)28-19-9-5-3-7-16(19)23/h2-12,15,18H,1H3,(H,22,26)(H,24,25). The molecular weight excluding hydrogens is 376 g/mol. The lowest BCUT2D eigenvalue weighted by atomic mass is 10.1. The van der Waals surface area contributed by atoms with Gasteiger partial charge in [-0.15, -0.1) is 11.8 Å². The zero-order valence-electron chi connectivity index (χ0n) is 15.0. The molecule has 0 spiro atoms. The molecule has 7 heteroatoms. The number of carbonyl (C=O) groups is 2. The van der Waals surface area contributed by atoms with Gasteiger partial charge in [0, 0.05) is 4.90 Å². The van der Waals surface area contributed by atoms with Gasteiger partial charge in [-0.05, 0) is 30.3 Å². The van der Waals surface area contributed by atoms with Crippen LogP contribution in [-0.4, -0.2) is 35.5 Å². The van der Waals surface area contributed by atoms with Crippen molar-refractivity contribution in [2.45, 2.75) is 16.2 Å². The van der Waals surface area contributed by atoms with Crippen molar-refractivity contribution in [1.82, 2.24) is 0 Å². The van der Waals surface area contributed by atoms with E-state index in [-0.39, 0.29) is 22.9 Å². The summed E-state index contributed by atoms with van der Waals surface area (Å²) >= 11 is 1.72. The van der Waals surface area contributed by atoms with Gasteiger partial charge in [0.25, 0.3) is 0 Å². The summed E-state index contributed by atoms with van der Waals surface area (Å²) in [5.41, 5.74) is 1.21. The predicted molar refractivity (Wildman–Crippen MR) is 110 cm³/mol. The summed E-state index contributed by atoms with van der Waals surface area (Å²) in [4.78, 5) is 27.3. The van der Waals surface area contributed by atoms with Crippen LogP contribution in [0.25, 0.3) is 0 Å². The van der Waals surface area contributed by atoms with Crippen molar-refractivity contribution < 1.29 is 19.4 Å². The number of methoxy groups -OCH3 is 1. The molecule has 0 radical (unpaired) electrons. The van der Waals surface area contributed by atoms with E-state index in [0.717, 1.165) is 10.6 Å². The Kier molecular flexibility index (Phi) is 4.83. The predicted octanol–water partition coefficient (Wildman–Crippen LogP) is 4.40. The molecule has 28 heavy (non-hydrogen) atoms. The van der Waals surface area contributed by atoms with Crippen molar-refractivity contribution in [2.24, 2.45) is 0 Å². The fourth-order valence-electron chi connectivity index (χ4n) is 3.34. The van der Waals surface area contributed by atoms with Gasteiger partial charge in [-0.25, -0.2) is 9.59 Å². The zero-order chi connectivity index (χ0) is 19.7. The third kappa shape index (κ3) is 3.25. The van der Waals surface area contributed by atoms with E-state index < -0.39 is 5.97 Å². The molecule has 0 saturated heterocycles. The zero-order valence-corrected chi connectivity index (χ0v) is 15.8. The third-order valence-electron chi connectivity index (χ3n) is 4.65. The molecular formula is C21H18N2O4S. The number of aromatic carboxylic acids is 1. The lowest BCUT2D eigenvalue weighted by molar-refractivity contribution is 0.0697. The highest BCUT2D eigenvalue weighted by molar-refractivity contribution is 8.00. The number of para-hydroxylation sites is 1. The van der Waals surface area contributed by atoms with Gasteiger partial charge in [-0.2, -0.15) is 0 Å². The monoisotopic (exact) mass is 394 g/mol. The Balaban J connectivity index is 1.71.